The largest absolute Gasteiger partial charge is 0.366 e. The van der Waals surface area contributed by atoms with Crippen molar-refractivity contribution < 1.29 is 4.52 Å². The molecule has 1 heterocycles. The molecule has 5 heteroatoms. The van der Waals surface area contributed by atoms with E-state index < -0.39 is 0 Å². The van der Waals surface area contributed by atoms with Crippen LogP contribution in [0.3, 0.4) is 0 Å². The van der Waals surface area contributed by atoms with Gasteiger partial charge in [-0.2, -0.15) is 5.26 Å². The van der Waals surface area contributed by atoms with Crippen LogP contribution in [0.25, 0.3) is 0 Å². The summed E-state index contributed by atoms with van der Waals surface area (Å²) >= 11 is 5.77. The van der Waals surface area contributed by atoms with E-state index in [-0.39, 0.29) is 5.88 Å². The van der Waals surface area contributed by atoms with Crippen LogP contribution in [0.2, 0.25) is 5.02 Å². The van der Waals surface area contributed by atoms with E-state index in [1.165, 1.54) is 0 Å². The number of nitrogen functional groups attached to an aromatic ring is 1. The summed E-state index contributed by atoms with van der Waals surface area (Å²) in [6.07, 6.45) is 0.501. The lowest BCUT2D eigenvalue weighted by molar-refractivity contribution is 0.429. The van der Waals surface area contributed by atoms with Crippen molar-refractivity contribution in [1.29, 1.82) is 5.26 Å². The monoisotopic (exact) mass is 233 g/mol. The highest BCUT2D eigenvalue weighted by Crippen LogP contribution is 2.19. The number of nitriles is 1. The highest BCUT2D eigenvalue weighted by Gasteiger charge is 2.13. The second kappa shape index (κ2) is 4.25. The van der Waals surface area contributed by atoms with E-state index in [0.717, 1.165) is 5.56 Å². The van der Waals surface area contributed by atoms with Gasteiger partial charge in [0.25, 0.3) is 0 Å². The summed E-state index contributed by atoms with van der Waals surface area (Å²) in [5.41, 5.74) is 7.30. The summed E-state index contributed by atoms with van der Waals surface area (Å²) in [7, 11) is 0. The average molecular weight is 234 g/mol. The van der Waals surface area contributed by atoms with Crippen LogP contribution in [0.5, 0.6) is 0 Å². The fourth-order valence-electron chi connectivity index (χ4n) is 1.37. The van der Waals surface area contributed by atoms with Gasteiger partial charge in [-0.15, -0.1) is 0 Å². The van der Waals surface area contributed by atoms with E-state index in [1.54, 1.807) is 12.1 Å². The number of benzene rings is 1. The molecule has 0 aliphatic carbocycles. The molecule has 0 atom stereocenters. The van der Waals surface area contributed by atoms with E-state index >= 15 is 0 Å². The lowest BCUT2D eigenvalue weighted by Gasteiger charge is -1.97. The second-order valence-corrected chi connectivity index (χ2v) is 3.72. The van der Waals surface area contributed by atoms with Crippen molar-refractivity contribution in [1.82, 2.24) is 5.16 Å². The van der Waals surface area contributed by atoms with Crippen LogP contribution in [-0.2, 0) is 6.42 Å². The minimum absolute atomic E-state index is 0.0615. The van der Waals surface area contributed by atoms with Gasteiger partial charge in [-0.05, 0) is 17.7 Å². The number of anilines is 1. The normalized spacial score (nSPS) is 10.0. The minimum Gasteiger partial charge on any atom is -0.366 e. The Hall–Kier alpha value is -1.99. The molecular weight excluding hydrogens is 226 g/mol. The van der Waals surface area contributed by atoms with Gasteiger partial charge in [-0.3, -0.25) is 0 Å². The minimum atomic E-state index is 0.0615. The first-order chi connectivity index (χ1) is 7.70. The molecule has 16 heavy (non-hydrogen) atoms. The first-order valence-corrected chi connectivity index (χ1v) is 4.97. The van der Waals surface area contributed by atoms with Crippen LogP contribution in [0.15, 0.2) is 28.8 Å². The van der Waals surface area contributed by atoms with Gasteiger partial charge in [0.15, 0.2) is 0 Å². The fraction of sp³-hybridized carbons (Fsp3) is 0.0909. The zero-order valence-corrected chi connectivity index (χ0v) is 9.03. The van der Waals surface area contributed by atoms with Crippen LogP contribution in [0, 0.1) is 11.3 Å². The van der Waals surface area contributed by atoms with Gasteiger partial charge in [-0.1, -0.05) is 28.9 Å². The molecular formula is C11H8ClN3O. The number of nitrogens with zero attached hydrogens (tertiary/aromatic N) is 2. The Balaban J connectivity index is 2.27. The van der Waals surface area contributed by atoms with Crippen molar-refractivity contribution in [2.24, 2.45) is 0 Å². The van der Waals surface area contributed by atoms with Crippen LogP contribution in [0.1, 0.15) is 16.8 Å². The van der Waals surface area contributed by atoms with Crippen molar-refractivity contribution in [3.8, 4) is 6.07 Å². The number of rotatable bonds is 2. The van der Waals surface area contributed by atoms with Crippen LogP contribution < -0.4 is 5.73 Å². The number of nitrogens with two attached hydrogens (primary N) is 1. The maximum absolute atomic E-state index is 8.86. The van der Waals surface area contributed by atoms with Gasteiger partial charge in [-0.25, -0.2) is 0 Å². The SMILES string of the molecule is N#Cc1c(Cc2ccc(Cl)cc2)noc1N. The molecule has 0 amide bonds. The molecule has 0 saturated carbocycles. The third kappa shape index (κ3) is 2.00. The van der Waals surface area contributed by atoms with Crippen LogP contribution in [0.4, 0.5) is 5.88 Å². The first-order valence-electron chi connectivity index (χ1n) is 4.59. The van der Waals surface area contributed by atoms with Gasteiger partial charge in [0.05, 0.1) is 0 Å². The second-order valence-electron chi connectivity index (χ2n) is 3.28. The molecule has 0 bridgehead atoms. The van der Waals surface area contributed by atoms with Crippen molar-refractivity contribution in [2.75, 3.05) is 5.73 Å². The Labute approximate surface area is 97.2 Å². The maximum Gasteiger partial charge on any atom is 0.240 e. The summed E-state index contributed by atoms with van der Waals surface area (Å²) in [5, 5.41) is 13.3. The predicted molar refractivity (Wildman–Crippen MR) is 59.9 cm³/mol. The van der Waals surface area contributed by atoms with Crippen molar-refractivity contribution in [3.63, 3.8) is 0 Å². The lowest BCUT2D eigenvalue weighted by atomic mass is 10.1. The third-order valence-corrected chi connectivity index (χ3v) is 2.44. The highest BCUT2D eigenvalue weighted by atomic mass is 35.5. The molecule has 0 fully saturated rings. The molecule has 0 saturated heterocycles. The third-order valence-electron chi connectivity index (χ3n) is 2.19. The molecule has 2 N–H and O–H groups in total. The molecule has 2 rings (SSSR count). The van der Waals surface area contributed by atoms with E-state index in [1.807, 2.05) is 18.2 Å². The van der Waals surface area contributed by atoms with Gasteiger partial charge in [0.2, 0.25) is 5.88 Å². The standard InChI is InChI=1S/C11H8ClN3O/c12-8-3-1-7(2-4-8)5-10-9(6-13)11(14)16-15-10/h1-4H,5,14H2. The Morgan fingerprint density at radius 3 is 2.69 bits per heavy atom. The zero-order valence-electron chi connectivity index (χ0n) is 8.27. The van der Waals surface area contributed by atoms with E-state index in [9.17, 15) is 0 Å². The number of halogens is 1. The Kier molecular flexibility index (Phi) is 2.80. The Bertz CT molecular complexity index is 539. The molecule has 1 aromatic heterocycles. The average Bonchev–Trinajstić information content (AvgIpc) is 2.63. The molecule has 2 aromatic rings. The van der Waals surface area contributed by atoms with Crippen molar-refractivity contribution in [2.45, 2.75) is 6.42 Å². The Morgan fingerprint density at radius 1 is 1.38 bits per heavy atom. The zero-order chi connectivity index (χ0) is 11.5. The number of hydrogen-bond acceptors (Lipinski definition) is 4. The van der Waals surface area contributed by atoms with Gasteiger partial charge in [0, 0.05) is 11.4 Å². The van der Waals surface area contributed by atoms with Crippen molar-refractivity contribution >= 4 is 17.5 Å². The van der Waals surface area contributed by atoms with E-state index in [0.29, 0.717) is 22.7 Å². The number of hydrogen-bond donors (Lipinski definition) is 1. The van der Waals surface area contributed by atoms with Crippen LogP contribution >= 0.6 is 11.6 Å². The van der Waals surface area contributed by atoms with E-state index in [4.69, 9.17) is 27.1 Å². The smallest absolute Gasteiger partial charge is 0.240 e. The maximum atomic E-state index is 8.86. The molecule has 0 aliphatic heterocycles. The summed E-state index contributed by atoms with van der Waals surface area (Å²) in [4.78, 5) is 0. The summed E-state index contributed by atoms with van der Waals surface area (Å²) in [6.45, 7) is 0. The molecule has 1 aromatic carbocycles. The van der Waals surface area contributed by atoms with Crippen LogP contribution in [-0.4, -0.2) is 5.16 Å². The summed E-state index contributed by atoms with van der Waals surface area (Å²) in [6, 6.07) is 9.28. The predicted octanol–water partition coefficient (Wildman–Crippen LogP) is 2.37. The first kappa shape index (κ1) is 10.5. The summed E-state index contributed by atoms with van der Waals surface area (Å²) < 4.78 is 4.76. The molecule has 0 radical (unpaired) electrons. The molecule has 4 nitrogen and oxygen atoms in total. The lowest BCUT2D eigenvalue weighted by Crippen LogP contribution is -1.92. The quantitative estimate of drug-likeness (QED) is 0.864. The number of aromatic nitrogens is 1. The molecule has 0 aliphatic rings. The Morgan fingerprint density at radius 2 is 2.06 bits per heavy atom. The fourth-order valence-corrected chi connectivity index (χ4v) is 1.50. The summed E-state index contributed by atoms with van der Waals surface area (Å²) in [5.74, 6) is 0.0615. The van der Waals surface area contributed by atoms with Crippen molar-refractivity contribution in [3.05, 3.63) is 46.1 Å². The molecule has 0 unspecified atom stereocenters. The van der Waals surface area contributed by atoms with E-state index in [2.05, 4.69) is 5.16 Å². The van der Waals surface area contributed by atoms with Gasteiger partial charge < -0.3 is 10.3 Å². The highest BCUT2D eigenvalue weighted by molar-refractivity contribution is 6.30. The van der Waals surface area contributed by atoms with Gasteiger partial charge >= 0.3 is 0 Å². The topological polar surface area (TPSA) is 75.8 Å². The molecule has 0 spiro atoms. The van der Waals surface area contributed by atoms with Gasteiger partial charge in [0.1, 0.15) is 17.3 Å². The molecule has 80 valence electrons.